The summed E-state index contributed by atoms with van der Waals surface area (Å²) in [7, 11) is 0. The van der Waals surface area contributed by atoms with E-state index in [0.29, 0.717) is 5.75 Å². The van der Waals surface area contributed by atoms with Gasteiger partial charge in [0, 0.05) is 19.3 Å². The van der Waals surface area contributed by atoms with Gasteiger partial charge in [0.05, 0.1) is 11.3 Å². The minimum absolute atomic E-state index is 0.0464. The Bertz CT molecular complexity index is 662. The highest BCUT2D eigenvalue weighted by Crippen LogP contribution is 2.30. The van der Waals surface area contributed by atoms with E-state index >= 15 is 0 Å². The van der Waals surface area contributed by atoms with Crippen molar-refractivity contribution >= 4 is 0 Å². The predicted octanol–water partition coefficient (Wildman–Crippen LogP) is 2.94. The van der Waals surface area contributed by atoms with Crippen molar-refractivity contribution in [1.82, 2.24) is 10.3 Å². The van der Waals surface area contributed by atoms with Crippen LogP contribution < -0.4 is 10.1 Å². The Kier molecular flexibility index (Phi) is 6.16. The molecule has 2 N–H and O–H groups in total. The zero-order valence-electron chi connectivity index (χ0n) is 13.2. The first kappa shape index (κ1) is 18.2. The molecular weight excluding hydrogens is 321 g/mol. The van der Waals surface area contributed by atoms with E-state index in [1.807, 2.05) is 25.1 Å². The lowest BCUT2D eigenvalue weighted by Crippen LogP contribution is -2.32. The summed E-state index contributed by atoms with van der Waals surface area (Å²) < 4.78 is 44.0. The number of halogens is 3. The second-order valence-corrected chi connectivity index (χ2v) is 5.41. The lowest BCUT2D eigenvalue weighted by Gasteiger charge is -2.15. The molecule has 7 heteroatoms. The number of hydrogen-bond acceptors (Lipinski definition) is 4. The maximum Gasteiger partial charge on any atom is 0.418 e. The van der Waals surface area contributed by atoms with Crippen molar-refractivity contribution in [2.45, 2.75) is 25.7 Å². The third-order valence-corrected chi connectivity index (χ3v) is 3.30. The van der Waals surface area contributed by atoms with E-state index < -0.39 is 17.8 Å². The lowest BCUT2D eigenvalue weighted by molar-refractivity contribution is -0.138. The van der Waals surface area contributed by atoms with Crippen LogP contribution >= 0.6 is 0 Å². The first-order chi connectivity index (χ1) is 11.4. The second-order valence-electron chi connectivity index (χ2n) is 5.41. The van der Waals surface area contributed by atoms with Crippen LogP contribution in [0.4, 0.5) is 13.2 Å². The van der Waals surface area contributed by atoms with Crippen molar-refractivity contribution in [3.63, 3.8) is 0 Å². The largest absolute Gasteiger partial charge is 0.491 e. The maximum atomic E-state index is 12.8. The molecule has 0 radical (unpaired) electrons. The van der Waals surface area contributed by atoms with Gasteiger partial charge in [-0.15, -0.1) is 0 Å². The molecule has 1 heterocycles. The van der Waals surface area contributed by atoms with Crippen molar-refractivity contribution in [1.29, 1.82) is 0 Å². The Morgan fingerprint density at radius 3 is 2.75 bits per heavy atom. The summed E-state index contributed by atoms with van der Waals surface area (Å²) in [6.45, 7) is 1.98. The van der Waals surface area contributed by atoms with Gasteiger partial charge in [-0.2, -0.15) is 13.2 Å². The molecule has 0 fully saturated rings. The molecule has 24 heavy (non-hydrogen) atoms. The third-order valence-electron chi connectivity index (χ3n) is 3.30. The molecule has 0 saturated heterocycles. The van der Waals surface area contributed by atoms with E-state index in [2.05, 4.69) is 10.3 Å². The average Bonchev–Trinajstić information content (AvgIpc) is 2.52. The van der Waals surface area contributed by atoms with Gasteiger partial charge in [0.1, 0.15) is 18.5 Å². The van der Waals surface area contributed by atoms with E-state index in [9.17, 15) is 18.3 Å². The standard InChI is InChI=1S/C17H19F3N2O2/c1-12-4-2-5-14(8-12)24-11-13(23)9-21-10-16-15(17(18,19)20)6-3-7-22-16/h2-8,13,21,23H,9-11H2,1H3. The molecule has 0 spiro atoms. The summed E-state index contributed by atoms with van der Waals surface area (Å²) in [5, 5.41) is 12.6. The zero-order chi connectivity index (χ0) is 17.6. The Balaban J connectivity index is 1.80. The zero-order valence-corrected chi connectivity index (χ0v) is 13.2. The molecule has 0 bridgehead atoms. The van der Waals surface area contributed by atoms with Gasteiger partial charge in [-0.05, 0) is 36.8 Å². The van der Waals surface area contributed by atoms with Gasteiger partial charge in [-0.1, -0.05) is 12.1 Å². The smallest absolute Gasteiger partial charge is 0.418 e. The quantitative estimate of drug-likeness (QED) is 0.814. The maximum absolute atomic E-state index is 12.8. The number of ether oxygens (including phenoxy) is 1. The number of rotatable bonds is 7. The molecule has 1 atom stereocenters. The second kappa shape index (κ2) is 8.12. The Labute approximate surface area is 138 Å². The molecule has 1 aromatic heterocycles. The topological polar surface area (TPSA) is 54.4 Å². The van der Waals surface area contributed by atoms with Crippen molar-refractivity contribution < 1.29 is 23.0 Å². The number of aromatic nitrogens is 1. The number of nitrogens with zero attached hydrogens (tertiary/aromatic N) is 1. The first-order valence-electron chi connectivity index (χ1n) is 7.45. The first-order valence-corrected chi connectivity index (χ1v) is 7.45. The molecule has 130 valence electrons. The molecular formula is C17H19F3N2O2. The van der Waals surface area contributed by atoms with E-state index in [0.717, 1.165) is 11.6 Å². The van der Waals surface area contributed by atoms with Crippen LogP contribution in [0.15, 0.2) is 42.6 Å². The van der Waals surface area contributed by atoms with Crippen LogP contribution in [-0.4, -0.2) is 29.3 Å². The molecule has 0 aliphatic carbocycles. The fourth-order valence-electron chi connectivity index (χ4n) is 2.15. The number of aliphatic hydroxyl groups excluding tert-OH is 1. The van der Waals surface area contributed by atoms with Gasteiger partial charge in [0.2, 0.25) is 0 Å². The van der Waals surface area contributed by atoms with Crippen LogP contribution in [0, 0.1) is 6.92 Å². The van der Waals surface area contributed by atoms with Crippen LogP contribution in [0.1, 0.15) is 16.8 Å². The monoisotopic (exact) mass is 340 g/mol. The molecule has 1 aromatic carbocycles. The number of alkyl halides is 3. The number of nitrogens with one attached hydrogen (secondary N) is 1. The highest BCUT2D eigenvalue weighted by Gasteiger charge is 2.33. The fourth-order valence-corrected chi connectivity index (χ4v) is 2.15. The van der Waals surface area contributed by atoms with E-state index in [1.165, 1.54) is 12.3 Å². The van der Waals surface area contributed by atoms with Crippen LogP contribution in [0.3, 0.4) is 0 Å². The van der Waals surface area contributed by atoms with Gasteiger partial charge in [0.25, 0.3) is 0 Å². The van der Waals surface area contributed by atoms with Crippen LogP contribution in [-0.2, 0) is 12.7 Å². The normalized spacial score (nSPS) is 12.9. The number of aryl methyl sites for hydroxylation is 1. The third kappa shape index (κ3) is 5.50. The SMILES string of the molecule is Cc1cccc(OCC(O)CNCc2ncccc2C(F)(F)F)c1. The Hall–Kier alpha value is -2.12. The van der Waals surface area contributed by atoms with E-state index in [1.54, 1.807) is 6.07 Å². The summed E-state index contributed by atoms with van der Waals surface area (Å²) in [5.74, 6) is 0.637. The van der Waals surface area contributed by atoms with E-state index in [4.69, 9.17) is 4.74 Å². The predicted molar refractivity (Wildman–Crippen MR) is 83.6 cm³/mol. The molecule has 1 unspecified atom stereocenters. The molecule has 2 rings (SSSR count). The van der Waals surface area contributed by atoms with Crippen molar-refractivity contribution in [2.24, 2.45) is 0 Å². The molecule has 0 aliphatic heterocycles. The highest BCUT2D eigenvalue weighted by atomic mass is 19.4. The number of hydrogen-bond donors (Lipinski definition) is 2. The van der Waals surface area contributed by atoms with E-state index in [-0.39, 0.29) is 25.4 Å². The van der Waals surface area contributed by atoms with Gasteiger partial charge >= 0.3 is 6.18 Å². The van der Waals surface area contributed by atoms with Crippen LogP contribution in [0.5, 0.6) is 5.75 Å². The Morgan fingerprint density at radius 2 is 2.04 bits per heavy atom. The summed E-state index contributed by atoms with van der Waals surface area (Å²) >= 11 is 0. The molecule has 0 aliphatic rings. The number of benzene rings is 1. The average molecular weight is 340 g/mol. The van der Waals surface area contributed by atoms with Crippen LogP contribution in [0.25, 0.3) is 0 Å². The molecule has 0 saturated carbocycles. The summed E-state index contributed by atoms with van der Waals surface area (Å²) in [5.41, 5.74) is 0.162. The minimum Gasteiger partial charge on any atom is -0.491 e. The van der Waals surface area contributed by atoms with Gasteiger partial charge in [-0.25, -0.2) is 0 Å². The van der Waals surface area contributed by atoms with Crippen molar-refractivity contribution in [3.8, 4) is 5.75 Å². The fraction of sp³-hybridized carbons (Fsp3) is 0.353. The van der Waals surface area contributed by atoms with Gasteiger partial charge in [0.15, 0.2) is 0 Å². The summed E-state index contributed by atoms with van der Waals surface area (Å²) in [6.07, 6.45) is -3.98. The lowest BCUT2D eigenvalue weighted by atomic mass is 10.2. The Morgan fingerprint density at radius 1 is 1.25 bits per heavy atom. The summed E-state index contributed by atoms with van der Waals surface area (Å²) in [4.78, 5) is 3.75. The molecule has 0 amide bonds. The van der Waals surface area contributed by atoms with Gasteiger partial charge < -0.3 is 15.2 Å². The van der Waals surface area contributed by atoms with Crippen molar-refractivity contribution in [2.75, 3.05) is 13.2 Å². The summed E-state index contributed by atoms with van der Waals surface area (Å²) in [6, 6.07) is 9.61. The van der Waals surface area contributed by atoms with Crippen molar-refractivity contribution in [3.05, 3.63) is 59.4 Å². The minimum atomic E-state index is -4.45. The van der Waals surface area contributed by atoms with Crippen LogP contribution in [0.2, 0.25) is 0 Å². The number of pyridine rings is 1. The van der Waals surface area contributed by atoms with Gasteiger partial charge in [-0.3, -0.25) is 4.98 Å². The highest BCUT2D eigenvalue weighted by molar-refractivity contribution is 5.27. The molecule has 4 nitrogen and oxygen atoms in total. The number of aliphatic hydroxyl groups is 1. The molecule has 2 aromatic rings.